The van der Waals surface area contributed by atoms with Gasteiger partial charge in [0.2, 0.25) is 0 Å². The summed E-state index contributed by atoms with van der Waals surface area (Å²) in [6.45, 7) is 10.0. The lowest BCUT2D eigenvalue weighted by molar-refractivity contribution is 0.147. The number of nitrogens with zero attached hydrogens (tertiary/aromatic N) is 2. The molecule has 0 aromatic rings. The third kappa shape index (κ3) is 4.57. The second kappa shape index (κ2) is 7.79. The average Bonchev–Trinajstić information content (AvgIpc) is 2.46. The minimum Gasteiger partial charge on any atom is -0.330 e. The van der Waals surface area contributed by atoms with Crippen LogP contribution in [0.4, 0.5) is 0 Å². The summed E-state index contributed by atoms with van der Waals surface area (Å²) in [4.78, 5) is 0. The van der Waals surface area contributed by atoms with Crippen molar-refractivity contribution in [2.45, 2.75) is 46.5 Å². The molecule has 0 saturated carbocycles. The Labute approximate surface area is 142 Å². The van der Waals surface area contributed by atoms with E-state index in [1.807, 2.05) is 0 Å². The number of nitrogens with two attached hydrogens (primary N) is 1. The van der Waals surface area contributed by atoms with Crippen molar-refractivity contribution in [2.24, 2.45) is 23.0 Å². The highest BCUT2D eigenvalue weighted by Gasteiger charge is 2.37. The van der Waals surface area contributed by atoms with Gasteiger partial charge in [-0.15, -0.1) is 12.4 Å². The summed E-state index contributed by atoms with van der Waals surface area (Å²) in [6, 6.07) is 0. The molecular weight excluding hydrogens is 322 g/mol. The van der Waals surface area contributed by atoms with E-state index in [9.17, 15) is 8.42 Å². The van der Waals surface area contributed by atoms with E-state index in [1.54, 1.807) is 8.61 Å². The maximum atomic E-state index is 12.7. The molecule has 22 heavy (non-hydrogen) atoms. The molecule has 0 bridgehead atoms. The smallest absolute Gasteiger partial charge is 0.281 e. The third-order valence-corrected chi connectivity index (χ3v) is 7.27. The fourth-order valence-corrected chi connectivity index (χ4v) is 5.16. The zero-order valence-corrected chi connectivity index (χ0v) is 15.8. The van der Waals surface area contributed by atoms with Crippen LogP contribution in [0.15, 0.2) is 0 Å². The van der Waals surface area contributed by atoms with Crippen LogP contribution >= 0.6 is 12.4 Å². The Hall–Kier alpha value is 0.120. The number of piperidine rings is 2. The van der Waals surface area contributed by atoms with Crippen LogP contribution in [-0.2, 0) is 10.2 Å². The van der Waals surface area contributed by atoms with Crippen LogP contribution in [-0.4, -0.2) is 49.8 Å². The quantitative estimate of drug-likeness (QED) is 0.844. The van der Waals surface area contributed by atoms with Crippen LogP contribution in [0.2, 0.25) is 0 Å². The maximum absolute atomic E-state index is 12.7. The maximum Gasteiger partial charge on any atom is 0.281 e. The molecule has 2 aliphatic rings. The summed E-state index contributed by atoms with van der Waals surface area (Å²) in [7, 11) is -3.26. The van der Waals surface area contributed by atoms with E-state index in [2.05, 4.69) is 20.8 Å². The Morgan fingerprint density at radius 3 is 1.73 bits per heavy atom. The zero-order chi connectivity index (χ0) is 15.7. The lowest BCUT2D eigenvalue weighted by Crippen LogP contribution is -2.50. The van der Waals surface area contributed by atoms with Gasteiger partial charge in [-0.25, -0.2) is 0 Å². The van der Waals surface area contributed by atoms with Crippen molar-refractivity contribution in [1.29, 1.82) is 0 Å². The first-order chi connectivity index (χ1) is 9.75. The van der Waals surface area contributed by atoms with E-state index in [0.29, 0.717) is 44.6 Å². The molecule has 2 aliphatic heterocycles. The van der Waals surface area contributed by atoms with Crippen LogP contribution in [0.3, 0.4) is 0 Å². The summed E-state index contributed by atoms with van der Waals surface area (Å²) in [6.07, 6.45) is 3.74. The minimum absolute atomic E-state index is 0. The zero-order valence-electron chi connectivity index (χ0n) is 14.1. The molecular formula is C15H32ClN3O2S. The first-order valence-corrected chi connectivity index (χ1v) is 9.60. The Kier molecular flexibility index (Phi) is 7.14. The van der Waals surface area contributed by atoms with E-state index in [4.69, 9.17) is 5.73 Å². The van der Waals surface area contributed by atoms with E-state index in [0.717, 1.165) is 25.7 Å². The van der Waals surface area contributed by atoms with Gasteiger partial charge in [-0.3, -0.25) is 0 Å². The highest BCUT2D eigenvalue weighted by atomic mass is 35.5. The van der Waals surface area contributed by atoms with Crippen LogP contribution < -0.4 is 5.73 Å². The Morgan fingerprint density at radius 1 is 0.955 bits per heavy atom. The predicted octanol–water partition coefficient (Wildman–Crippen LogP) is 2.08. The average molecular weight is 354 g/mol. The van der Waals surface area contributed by atoms with Crippen LogP contribution in [0.1, 0.15) is 46.5 Å². The van der Waals surface area contributed by atoms with E-state index in [-0.39, 0.29) is 17.8 Å². The molecule has 7 heteroatoms. The van der Waals surface area contributed by atoms with Gasteiger partial charge < -0.3 is 5.73 Å². The first-order valence-electron chi connectivity index (χ1n) is 8.20. The summed E-state index contributed by atoms with van der Waals surface area (Å²) in [5, 5.41) is 0. The van der Waals surface area contributed by atoms with E-state index >= 15 is 0 Å². The third-order valence-electron chi connectivity index (χ3n) is 5.24. The summed E-state index contributed by atoms with van der Waals surface area (Å²) < 4.78 is 28.8. The molecule has 0 atom stereocenters. The van der Waals surface area contributed by atoms with Gasteiger partial charge in [0.1, 0.15) is 0 Å². The largest absolute Gasteiger partial charge is 0.330 e. The Bertz CT molecular complexity index is 434. The number of hydrogen-bond donors (Lipinski definition) is 1. The van der Waals surface area contributed by atoms with Gasteiger partial charge in [0.05, 0.1) is 0 Å². The molecule has 2 heterocycles. The van der Waals surface area contributed by atoms with Gasteiger partial charge >= 0.3 is 0 Å². The fourth-order valence-electron chi connectivity index (χ4n) is 3.49. The molecule has 2 N–H and O–H groups in total. The minimum atomic E-state index is -3.26. The molecule has 0 aliphatic carbocycles. The van der Waals surface area contributed by atoms with Gasteiger partial charge in [-0.05, 0) is 49.5 Å². The number of halogens is 1. The topological polar surface area (TPSA) is 66.6 Å². The Balaban J connectivity index is 0.00000242. The molecule has 0 spiro atoms. The van der Waals surface area contributed by atoms with Gasteiger partial charge in [-0.1, -0.05) is 20.8 Å². The number of hydrogen-bond acceptors (Lipinski definition) is 3. The van der Waals surface area contributed by atoms with Crippen molar-refractivity contribution in [2.75, 3.05) is 32.7 Å². The molecule has 2 saturated heterocycles. The molecule has 5 nitrogen and oxygen atoms in total. The van der Waals surface area contributed by atoms with Gasteiger partial charge in [0.15, 0.2) is 0 Å². The molecule has 132 valence electrons. The van der Waals surface area contributed by atoms with Crippen molar-refractivity contribution in [3.63, 3.8) is 0 Å². The Morgan fingerprint density at radius 2 is 1.36 bits per heavy atom. The highest BCUT2D eigenvalue weighted by Crippen LogP contribution is 2.35. The molecule has 0 amide bonds. The molecule has 0 unspecified atom stereocenters. The van der Waals surface area contributed by atoms with Crippen molar-refractivity contribution in [3.8, 4) is 0 Å². The van der Waals surface area contributed by atoms with Crippen molar-refractivity contribution >= 4 is 22.6 Å². The van der Waals surface area contributed by atoms with Crippen molar-refractivity contribution in [1.82, 2.24) is 8.61 Å². The SMILES string of the molecule is CC(C)(C)C1CCN(S(=O)(=O)N2CCC(CN)CC2)CC1.Cl. The normalized spacial score (nSPS) is 24.2. The molecule has 0 aromatic heterocycles. The fraction of sp³-hybridized carbons (Fsp3) is 1.00. The van der Waals surface area contributed by atoms with Crippen LogP contribution in [0, 0.1) is 17.3 Å². The lowest BCUT2D eigenvalue weighted by atomic mass is 9.76. The molecule has 2 fully saturated rings. The second-order valence-corrected chi connectivity index (χ2v) is 9.55. The van der Waals surface area contributed by atoms with Gasteiger partial charge in [-0.2, -0.15) is 17.0 Å². The van der Waals surface area contributed by atoms with Crippen LogP contribution in [0.25, 0.3) is 0 Å². The predicted molar refractivity (Wildman–Crippen MR) is 93.3 cm³/mol. The van der Waals surface area contributed by atoms with Crippen molar-refractivity contribution < 1.29 is 8.42 Å². The van der Waals surface area contributed by atoms with Gasteiger partial charge in [0.25, 0.3) is 10.2 Å². The molecule has 0 aromatic carbocycles. The summed E-state index contributed by atoms with van der Waals surface area (Å²) in [5.41, 5.74) is 5.95. The van der Waals surface area contributed by atoms with E-state index < -0.39 is 10.2 Å². The molecule has 2 rings (SSSR count). The highest BCUT2D eigenvalue weighted by molar-refractivity contribution is 7.86. The monoisotopic (exact) mass is 353 g/mol. The second-order valence-electron chi connectivity index (χ2n) is 7.63. The first kappa shape index (κ1) is 20.2. The molecule has 0 radical (unpaired) electrons. The summed E-state index contributed by atoms with van der Waals surface area (Å²) >= 11 is 0. The van der Waals surface area contributed by atoms with Gasteiger partial charge in [0, 0.05) is 26.2 Å². The summed E-state index contributed by atoms with van der Waals surface area (Å²) in [5.74, 6) is 1.11. The van der Waals surface area contributed by atoms with Crippen molar-refractivity contribution in [3.05, 3.63) is 0 Å². The standard InChI is InChI=1S/C15H31N3O2S.ClH/c1-15(2,3)14-6-10-18(11-7-14)21(19,20)17-8-4-13(12-16)5-9-17;/h13-14H,4-12,16H2,1-3H3;1H. The van der Waals surface area contributed by atoms with Crippen LogP contribution in [0.5, 0.6) is 0 Å². The van der Waals surface area contributed by atoms with E-state index in [1.165, 1.54) is 0 Å². The number of rotatable bonds is 3. The lowest BCUT2D eigenvalue weighted by Gasteiger charge is -2.40.